The van der Waals surface area contributed by atoms with E-state index in [1.165, 1.54) is 6.42 Å². The quantitative estimate of drug-likeness (QED) is 0.472. The van der Waals surface area contributed by atoms with Gasteiger partial charge in [0.15, 0.2) is 11.5 Å². The molecular formula is C21H32O3. The van der Waals surface area contributed by atoms with Crippen molar-refractivity contribution in [2.24, 2.45) is 17.8 Å². The molecule has 1 saturated carbocycles. The van der Waals surface area contributed by atoms with Crippen LogP contribution in [0.2, 0.25) is 0 Å². The molecule has 0 aromatic heterocycles. The molecule has 1 aliphatic rings. The highest BCUT2D eigenvalue weighted by Crippen LogP contribution is 2.52. The van der Waals surface area contributed by atoms with Gasteiger partial charge in [0.25, 0.3) is 0 Å². The van der Waals surface area contributed by atoms with Gasteiger partial charge in [-0.3, -0.25) is 0 Å². The van der Waals surface area contributed by atoms with E-state index in [1.807, 2.05) is 6.08 Å². The van der Waals surface area contributed by atoms with Crippen LogP contribution in [0.5, 0.6) is 17.2 Å². The lowest BCUT2D eigenvalue weighted by Gasteiger charge is -2.38. The summed E-state index contributed by atoms with van der Waals surface area (Å²) in [5.74, 6) is 1.40. The fourth-order valence-electron chi connectivity index (χ4n) is 4.08. The molecule has 1 aliphatic carbocycles. The second-order valence-corrected chi connectivity index (χ2v) is 7.72. The number of hydrogen-bond donors (Lipinski definition) is 3. The third-order valence-corrected chi connectivity index (χ3v) is 5.47. The van der Waals surface area contributed by atoms with Crippen molar-refractivity contribution in [2.75, 3.05) is 0 Å². The number of benzene rings is 1. The predicted octanol–water partition coefficient (Wildman–Crippen LogP) is 5.79. The Kier molecular flexibility index (Phi) is 6.20. The van der Waals surface area contributed by atoms with Gasteiger partial charge in [0.1, 0.15) is 5.75 Å². The molecule has 3 heteroatoms. The van der Waals surface area contributed by atoms with E-state index in [0.717, 1.165) is 25.7 Å². The summed E-state index contributed by atoms with van der Waals surface area (Å²) in [5, 5.41) is 31.6. The smallest absolute Gasteiger partial charge is 0.165 e. The zero-order chi connectivity index (χ0) is 17.9. The van der Waals surface area contributed by atoms with E-state index >= 15 is 0 Å². The average Bonchev–Trinajstić information content (AvgIpc) is 2.52. The van der Waals surface area contributed by atoms with Gasteiger partial charge in [-0.25, -0.2) is 0 Å². The van der Waals surface area contributed by atoms with E-state index in [9.17, 15) is 15.3 Å². The van der Waals surface area contributed by atoms with Gasteiger partial charge in [0.2, 0.25) is 0 Å². The molecule has 1 fully saturated rings. The molecule has 0 bridgehead atoms. The van der Waals surface area contributed by atoms with Crippen LogP contribution < -0.4 is 0 Å². The second kappa shape index (κ2) is 7.96. The lowest BCUT2D eigenvalue weighted by atomic mass is 9.67. The summed E-state index contributed by atoms with van der Waals surface area (Å²) < 4.78 is 0. The number of phenols is 3. The van der Waals surface area contributed by atoms with Crippen molar-refractivity contribution in [3.63, 3.8) is 0 Å². The molecule has 1 unspecified atom stereocenters. The van der Waals surface area contributed by atoms with Gasteiger partial charge in [-0.2, -0.15) is 0 Å². The highest BCUT2D eigenvalue weighted by molar-refractivity contribution is 5.67. The van der Waals surface area contributed by atoms with E-state index in [1.54, 1.807) is 12.1 Å². The molecule has 1 aromatic rings. The van der Waals surface area contributed by atoms with Crippen molar-refractivity contribution in [2.45, 2.75) is 65.7 Å². The second-order valence-electron chi connectivity index (χ2n) is 7.72. The lowest BCUT2D eigenvalue weighted by Crippen LogP contribution is -2.26. The Hall–Kier alpha value is -1.64. The maximum absolute atomic E-state index is 10.6. The third-order valence-electron chi connectivity index (χ3n) is 5.47. The fourth-order valence-corrected chi connectivity index (χ4v) is 4.08. The van der Waals surface area contributed by atoms with Crippen LogP contribution in [0.1, 0.15) is 76.8 Å². The van der Waals surface area contributed by atoms with Crippen LogP contribution in [-0.4, -0.2) is 15.3 Å². The molecular weight excluding hydrogens is 300 g/mol. The van der Waals surface area contributed by atoms with E-state index in [4.69, 9.17) is 0 Å². The Labute approximate surface area is 146 Å². The Morgan fingerprint density at radius 3 is 2.50 bits per heavy atom. The highest BCUT2D eigenvalue weighted by atomic mass is 16.3. The van der Waals surface area contributed by atoms with E-state index in [0.29, 0.717) is 28.9 Å². The molecule has 0 amide bonds. The van der Waals surface area contributed by atoms with E-state index < -0.39 is 0 Å². The monoisotopic (exact) mass is 332 g/mol. The zero-order valence-corrected chi connectivity index (χ0v) is 15.4. The minimum absolute atomic E-state index is 0.0910. The predicted molar refractivity (Wildman–Crippen MR) is 99.5 cm³/mol. The van der Waals surface area contributed by atoms with Crippen LogP contribution in [0.3, 0.4) is 0 Å². The summed E-state index contributed by atoms with van der Waals surface area (Å²) >= 11 is 0. The minimum atomic E-state index is -0.143. The molecule has 0 radical (unpaired) electrons. The first-order chi connectivity index (χ1) is 11.4. The first-order valence-corrected chi connectivity index (χ1v) is 9.31. The molecule has 3 nitrogen and oxygen atoms in total. The normalized spacial score (nSPS) is 24.8. The Morgan fingerprint density at radius 1 is 1.17 bits per heavy atom. The molecule has 0 heterocycles. The van der Waals surface area contributed by atoms with Crippen molar-refractivity contribution in [1.82, 2.24) is 0 Å². The van der Waals surface area contributed by atoms with Crippen molar-refractivity contribution < 1.29 is 15.3 Å². The summed E-state index contributed by atoms with van der Waals surface area (Å²) in [6.45, 7) is 8.70. The van der Waals surface area contributed by atoms with Gasteiger partial charge >= 0.3 is 0 Å². The molecule has 3 N–H and O–H groups in total. The lowest BCUT2D eigenvalue weighted by molar-refractivity contribution is 0.191. The Bertz CT molecular complexity index is 589. The number of allylic oxidation sites excluding steroid dienone is 1. The molecule has 3 atom stereocenters. The van der Waals surface area contributed by atoms with Gasteiger partial charge in [0, 0.05) is 11.1 Å². The standard InChI is InChI=1S/C21H32O3/c1-5-6-7-8-15-12-18(22)19(21(24)20(15)23)17-11-14(4)9-10-16(17)13(2)3/h7-8,12-14,16-17,22-24H,5-6,9-11H2,1-4H3/b8-7+/t14?,16-,17+/m0/s1. The van der Waals surface area contributed by atoms with Crippen LogP contribution in [0.25, 0.3) is 6.08 Å². The molecule has 0 spiro atoms. The largest absolute Gasteiger partial charge is 0.507 e. The number of aromatic hydroxyl groups is 3. The molecule has 134 valence electrons. The Morgan fingerprint density at radius 2 is 1.88 bits per heavy atom. The number of hydrogen-bond acceptors (Lipinski definition) is 3. The first-order valence-electron chi connectivity index (χ1n) is 9.31. The average molecular weight is 332 g/mol. The van der Waals surface area contributed by atoms with E-state index in [2.05, 4.69) is 27.7 Å². The summed E-state index contributed by atoms with van der Waals surface area (Å²) in [7, 11) is 0. The summed E-state index contributed by atoms with van der Waals surface area (Å²) in [5.41, 5.74) is 1.01. The number of rotatable bonds is 5. The molecule has 0 aliphatic heterocycles. The van der Waals surface area contributed by atoms with E-state index in [-0.39, 0.29) is 23.2 Å². The summed E-state index contributed by atoms with van der Waals surface area (Å²) in [4.78, 5) is 0. The molecule has 2 rings (SSSR count). The van der Waals surface area contributed by atoms with Crippen LogP contribution >= 0.6 is 0 Å². The van der Waals surface area contributed by atoms with Gasteiger partial charge < -0.3 is 15.3 Å². The minimum Gasteiger partial charge on any atom is -0.507 e. The van der Waals surface area contributed by atoms with Gasteiger partial charge in [0.05, 0.1) is 0 Å². The van der Waals surface area contributed by atoms with Gasteiger partial charge in [-0.15, -0.1) is 0 Å². The van der Waals surface area contributed by atoms with Crippen molar-refractivity contribution in [1.29, 1.82) is 0 Å². The van der Waals surface area contributed by atoms with Crippen molar-refractivity contribution >= 4 is 6.08 Å². The maximum atomic E-state index is 10.6. The van der Waals surface area contributed by atoms with Crippen LogP contribution in [0.15, 0.2) is 12.1 Å². The zero-order valence-electron chi connectivity index (χ0n) is 15.4. The summed E-state index contributed by atoms with van der Waals surface area (Å²) in [6, 6.07) is 1.59. The third kappa shape index (κ3) is 3.88. The number of phenolic OH excluding ortho intramolecular Hbond substituents is 3. The maximum Gasteiger partial charge on any atom is 0.165 e. The molecule has 24 heavy (non-hydrogen) atoms. The fraction of sp³-hybridized carbons (Fsp3) is 0.619. The highest BCUT2D eigenvalue weighted by Gasteiger charge is 2.35. The van der Waals surface area contributed by atoms with Crippen molar-refractivity contribution in [3.8, 4) is 17.2 Å². The molecule has 1 aromatic carbocycles. The first kappa shape index (κ1) is 18.7. The van der Waals surface area contributed by atoms with Crippen LogP contribution in [0, 0.1) is 17.8 Å². The Balaban J connectivity index is 2.43. The van der Waals surface area contributed by atoms with Crippen LogP contribution in [0.4, 0.5) is 0 Å². The van der Waals surface area contributed by atoms with Gasteiger partial charge in [-0.1, -0.05) is 52.7 Å². The van der Waals surface area contributed by atoms with Crippen LogP contribution in [-0.2, 0) is 0 Å². The topological polar surface area (TPSA) is 60.7 Å². The SMILES string of the molecule is CCC/C=C/c1cc(O)c([C@@H]2CC(C)CC[C@H]2C(C)C)c(O)c1O. The number of unbranched alkanes of at least 4 members (excludes halogenated alkanes) is 1. The molecule has 0 saturated heterocycles. The van der Waals surface area contributed by atoms with Crippen molar-refractivity contribution in [3.05, 3.63) is 23.3 Å². The van der Waals surface area contributed by atoms with Gasteiger partial charge in [-0.05, 0) is 49.0 Å². The summed E-state index contributed by atoms with van der Waals surface area (Å²) in [6.07, 6.45) is 8.86.